The van der Waals surface area contributed by atoms with E-state index in [-0.39, 0.29) is 18.9 Å². The SMILES string of the molecule is CC/C=C\C/C=C\C/C=C\C/C=C\C/C=C\CCCC(=O)NC(COC1OC(CO)C(OC2OC(CO)C(O)C(O)C2O)C(O)C1O)C(O)/C=C/CC/C=C/CCCCCCCCCCCCCCCCCCCCCCCCCCCC. The summed E-state index contributed by atoms with van der Waals surface area (Å²) in [7, 11) is 0. The molecule has 0 aromatic rings. The highest BCUT2D eigenvalue weighted by atomic mass is 16.7. The van der Waals surface area contributed by atoms with Crippen LogP contribution in [0.15, 0.2) is 85.1 Å². The molecule has 2 aliphatic heterocycles. The first-order valence-corrected chi connectivity index (χ1v) is 33.3. The Balaban J connectivity index is 1.70. The number of hydrogen-bond donors (Lipinski definition) is 9. The summed E-state index contributed by atoms with van der Waals surface area (Å²) in [6, 6.07) is -0.968. The van der Waals surface area contributed by atoms with Crippen molar-refractivity contribution in [1.29, 1.82) is 0 Å². The Hall–Kier alpha value is -2.83. The highest BCUT2D eigenvalue weighted by Gasteiger charge is 2.51. The summed E-state index contributed by atoms with van der Waals surface area (Å²) in [5.41, 5.74) is 0. The van der Waals surface area contributed by atoms with Crippen molar-refractivity contribution in [2.75, 3.05) is 19.8 Å². The molecular weight excluding hydrogens is 1050 g/mol. The van der Waals surface area contributed by atoms with Gasteiger partial charge >= 0.3 is 0 Å². The Kier molecular flexibility index (Phi) is 49.1. The fraction of sp³-hybridized carbons (Fsp3) is 0.783. The van der Waals surface area contributed by atoms with Crippen LogP contribution < -0.4 is 5.32 Å². The number of carbonyl (C=O) groups excluding carboxylic acids is 1. The van der Waals surface area contributed by atoms with Crippen molar-refractivity contribution in [3.05, 3.63) is 85.1 Å². The summed E-state index contributed by atoms with van der Waals surface area (Å²) in [6.07, 6.45) is 56.7. The molecule has 0 spiro atoms. The minimum Gasteiger partial charge on any atom is -0.394 e. The van der Waals surface area contributed by atoms with Crippen LogP contribution in [0.1, 0.15) is 251 Å². The third kappa shape index (κ3) is 38.1. The smallest absolute Gasteiger partial charge is 0.220 e. The molecule has 2 fully saturated rings. The van der Waals surface area contributed by atoms with Crippen molar-refractivity contribution in [1.82, 2.24) is 5.32 Å². The average molecular weight is 1170 g/mol. The first-order chi connectivity index (χ1) is 40.6. The summed E-state index contributed by atoms with van der Waals surface area (Å²) < 4.78 is 22.8. The monoisotopic (exact) mass is 1170 g/mol. The molecule has 12 atom stereocenters. The number of carbonyl (C=O) groups is 1. The van der Waals surface area contributed by atoms with E-state index >= 15 is 0 Å². The van der Waals surface area contributed by atoms with Gasteiger partial charge in [-0.1, -0.05) is 259 Å². The number of aliphatic hydroxyl groups is 8. The number of allylic oxidation sites excluding steroid dienone is 13. The summed E-state index contributed by atoms with van der Waals surface area (Å²) >= 11 is 0. The summed E-state index contributed by atoms with van der Waals surface area (Å²) in [5, 5.41) is 87.2. The third-order valence-electron chi connectivity index (χ3n) is 15.8. The largest absolute Gasteiger partial charge is 0.394 e. The maximum atomic E-state index is 13.2. The number of hydrogen-bond acceptors (Lipinski definition) is 13. The molecule has 0 aromatic heterocycles. The minimum atomic E-state index is -1.80. The molecule has 0 saturated carbocycles. The molecule has 2 rings (SSSR count). The van der Waals surface area contributed by atoms with Gasteiger partial charge in [-0.05, 0) is 70.6 Å². The van der Waals surface area contributed by atoms with Crippen LogP contribution in [0.5, 0.6) is 0 Å². The Morgan fingerprint density at radius 2 is 0.843 bits per heavy atom. The van der Waals surface area contributed by atoms with Gasteiger partial charge in [0.25, 0.3) is 0 Å². The number of unbranched alkanes of at least 4 members (excludes halogenated alkanes) is 28. The van der Waals surface area contributed by atoms with Gasteiger partial charge in [-0.2, -0.15) is 0 Å². The summed E-state index contributed by atoms with van der Waals surface area (Å²) in [4.78, 5) is 13.2. The lowest BCUT2D eigenvalue weighted by Crippen LogP contribution is -2.65. The van der Waals surface area contributed by atoms with Crippen LogP contribution in [-0.4, -0.2) is 140 Å². The molecule has 0 aliphatic carbocycles. The molecular formula is C69H121NO13. The van der Waals surface area contributed by atoms with Crippen LogP contribution >= 0.6 is 0 Å². The maximum Gasteiger partial charge on any atom is 0.220 e. The molecule has 0 aromatic carbocycles. The van der Waals surface area contributed by atoms with Gasteiger partial charge < -0.3 is 65.1 Å². The molecule has 2 heterocycles. The lowest BCUT2D eigenvalue weighted by molar-refractivity contribution is -0.359. The predicted molar refractivity (Wildman–Crippen MR) is 336 cm³/mol. The maximum absolute atomic E-state index is 13.2. The van der Waals surface area contributed by atoms with Crippen molar-refractivity contribution in [3.63, 3.8) is 0 Å². The highest BCUT2D eigenvalue weighted by molar-refractivity contribution is 5.76. The second-order valence-corrected chi connectivity index (χ2v) is 23.2. The molecule has 14 nitrogen and oxygen atoms in total. The quantitative estimate of drug-likeness (QED) is 0.0204. The van der Waals surface area contributed by atoms with Crippen LogP contribution in [-0.2, 0) is 23.7 Å². The van der Waals surface area contributed by atoms with Gasteiger partial charge in [-0.15, -0.1) is 0 Å². The van der Waals surface area contributed by atoms with Gasteiger partial charge in [-0.3, -0.25) is 4.79 Å². The Bertz CT molecular complexity index is 1710. The lowest BCUT2D eigenvalue weighted by atomic mass is 9.97. The fourth-order valence-corrected chi connectivity index (χ4v) is 10.5. The van der Waals surface area contributed by atoms with E-state index in [1.165, 1.54) is 167 Å². The normalized spacial score (nSPS) is 24.4. The van der Waals surface area contributed by atoms with Crippen molar-refractivity contribution < 1.29 is 64.6 Å². The van der Waals surface area contributed by atoms with E-state index in [1.54, 1.807) is 6.08 Å². The fourth-order valence-electron chi connectivity index (χ4n) is 10.5. The first-order valence-electron chi connectivity index (χ1n) is 33.3. The molecule has 2 saturated heterocycles. The zero-order valence-electron chi connectivity index (χ0n) is 51.9. The minimum absolute atomic E-state index is 0.191. The van der Waals surface area contributed by atoms with Gasteiger partial charge in [0.2, 0.25) is 5.91 Å². The number of ether oxygens (including phenoxy) is 4. The molecule has 2 aliphatic rings. The number of nitrogens with one attached hydrogen (secondary N) is 1. The van der Waals surface area contributed by atoms with E-state index in [0.717, 1.165) is 44.9 Å². The molecule has 14 heteroatoms. The van der Waals surface area contributed by atoms with Crippen LogP contribution in [0.4, 0.5) is 0 Å². The van der Waals surface area contributed by atoms with Crippen molar-refractivity contribution in [3.8, 4) is 0 Å². The predicted octanol–water partition coefficient (Wildman–Crippen LogP) is 12.8. The third-order valence-corrected chi connectivity index (χ3v) is 15.8. The Morgan fingerprint density at radius 3 is 1.33 bits per heavy atom. The van der Waals surface area contributed by atoms with Gasteiger partial charge in [-0.25, -0.2) is 0 Å². The van der Waals surface area contributed by atoms with E-state index in [9.17, 15) is 45.6 Å². The zero-order chi connectivity index (χ0) is 60.2. The van der Waals surface area contributed by atoms with E-state index < -0.39 is 86.8 Å². The highest BCUT2D eigenvalue weighted by Crippen LogP contribution is 2.30. The Labute approximate surface area is 503 Å². The van der Waals surface area contributed by atoms with Gasteiger partial charge in [0.05, 0.1) is 32.0 Å². The van der Waals surface area contributed by atoms with Gasteiger partial charge in [0, 0.05) is 6.42 Å². The van der Waals surface area contributed by atoms with Gasteiger partial charge in [0.1, 0.15) is 48.8 Å². The lowest BCUT2D eigenvalue weighted by Gasteiger charge is -2.46. The molecule has 1 amide bonds. The number of rotatable bonds is 53. The van der Waals surface area contributed by atoms with E-state index in [4.69, 9.17) is 18.9 Å². The van der Waals surface area contributed by atoms with E-state index in [2.05, 4.69) is 86.0 Å². The second-order valence-electron chi connectivity index (χ2n) is 23.2. The Morgan fingerprint density at radius 1 is 0.446 bits per heavy atom. The second kappa shape index (κ2) is 53.4. The number of aliphatic hydroxyl groups excluding tert-OH is 8. The number of amides is 1. The molecule has 480 valence electrons. The first kappa shape index (κ1) is 76.3. The summed E-state index contributed by atoms with van der Waals surface area (Å²) in [5.74, 6) is -0.307. The summed E-state index contributed by atoms with van der Waals surface area (Å²) in [6.45, 7) is 2.64. The average Bonchev–Trinajstić information content (AvgIpc) is 3.65. The zero-order valence-corrected chi connectivity index (χ0v) is 51.9. The standard InChI is InChI=1S/C69H121NO13/c1-3-5-7-9-11-13-15-17-19-21-22-23-24-25-26-27-28-29-30-31-32-33-34-35-37-38-40-42-44-46-48-50-52-58(73)57(70-61(74)53-51-49-47-45-43-41-39-36-20-18-16-14-12-10-8-6-4-2)56-80-68-66(79)64(77)67(60(55-72)82-68)83-69-65(78)63(76)62(75)59(54-71)81-69/h6,8,12,14,18,20,39,41-42,44-45,47,50,52,57-60,62-69,71-73,75-79H,3-5,7,9-11,13,15-17,19,21-38,40,43,46,48-49,51,53-56H2,1-2H3,(H,70,74)/b8-6-,14-12-,20-18-,41-39-,44-42+,47-45-,52-50+. The van der Waals surface area contributed by atoms with Crippen molar-refractivity contribution in [2.24, 2.45) is 0 Å². The molecule has 0 radical (unpaired) electrons. The van der Waals surface area contributed by atoms with Crippen LogP contribution in [0.25, 0.3) is 0 Å². The molecule has 9 N–H and O–H groups in total. The van der Waals surface area contributed by atoms with Crippen molar-refractivity contribution in [2.45, 2.75) is 325 Å². The van der Waals surface area contributed by atoms with Gasteiger partial charge in [0.15, 0.2) is 12.6 Å². The van der Waals surface area contributed by atoms with E-state index in [1.807, 2.05) is 12.2 Å². The van der Waals surface area contributed by atoms with Crippen LogP contribution in [0, 0.1) is 0 Å². The topological polar surface area (TPSA) is 228 Å². The molecule has 83 heavy (non-hydrogen) atoms. The van der Waals surface area contributed by atoms with Crippen molar-refractivity contribution >= 4 is 5.91 Å². The molecule has 12 unspecified atom stereocenters. The van der Waals surface area contributed by atoms with Crippen LogP contribution in [0.3, 0.4) is 0 Å². The van der Waals surface area contributed by atoms with E-state index in [0.29, 0.717) is 19.3 Å². The van der Waals surface area contributed by atoms with Crippen LogP contribution in [0.2, 0.25) is 0 Å². The molecule has 0 bridgehead atoms.